The van der Waals surface area contributed by atoms with Gasteiger partial charge < -0.3 is 4.90 Å². The summed E-state index contributed by atoms with van der Waals surface area (Å²) in [7, 11) is 0. The highest BCUT2D eigenvalue weighted by Crippen LogP contribution is 2.09. The molecule has 0 aliphatic carbocycles. The number of hydrogen-bond acceptors (Lipinski definition) is 2. The van der Waals surface area contributed by atoms with Crippen LogP contribution in [0.15, 0.2) is 0 Å². The Labute approximate surface area is 72.0 Å². The number of amides is 2. The van der Waals surface area contributed by atoms with Crippen LogP contribution >= 0.6 is 12.2 Å². The Balaban J connectivity index is 2.71. The third-order valence-corrected chi connectivity index (χ3v) is 2.18. The zero-order valence-corrected chi connectivity index (χ0v) is 7.65. The minimum absolute atomic E-state index is 0.0556. The second-order valence-corrected chi connectivity index (χ2v) is 2.91. The summed E-state index contributed by atoms with van der Waals surface area (Å²) in [6, 6.07) is 0.0556. The highest BCUT2D eigenvalue weighted by Gasteiger charge is 2.30. The van der Waals surface area contributed by atoms with E-state index in [9.17, 15) is 4.79 Å². The van der Waals surface area contributed by atoms with Crippen molar-refractivity contribution in [3.05, 3.63) is 0 Å². The molecule has 1 rings (SSSR count). The monoisotopic (exact) mass is 172 g/mol. The first-order valence-electron chi connectivity index (χ1n) is 3.80. The summed E-state index contributed by atoms with van der Waals surface area (Å²) in [4.78, 5) is 15.5. The zero-order chi connectivity index (χ0) is 8.43. The van der Waals surface area contributed by atoms with Crippen molar-refractivity contribution in [2.24, 2.45) is 0 Å². The summed E-state index contributed by atoms with van der Waals surface area (Å²) in [5, 5.41) is 0. The van der Waals surface area contributed by atoms with Gasteiger partial charge in [-0.25, -0.2) is 4.79 Å². The molecule has 2 amide bonds. The predicted molar refractivity (Wildman–Crippen MR) is 47.6 cm³/mol. The van der Waals surface area contributed by atoms with Crippen LogP contribution in [0.2, 0.25) is 0 Å². The van der Waals surface area contributed by atoms with Crippen molar-refractivity contribution >= 4 is 23.2 Å². The average molecular weight is 172 g/mol. The van der Waals surface area contributed by atoms with Gasteiger partial charge in [-0.2, -0.15) is 0 Å². The van der Waals surface area contributed by atoms with Gasteiger partial charge in [0.25, 0.3) is 0 Å². The summed E-state index contributed by atoms with van der Waals surface area (Å²) >= 11 is 5.02. The molecule has 0 spiro atoms. The van der Waals surface area contributed by atoms with Gasteiger partial charge in [-0.1, -0.05) is 12.2 Å². The fourth-order valence-corrected chi connectivity index (χ4v) is 1.52. The molecule has 1 aliphatic heterocycles. The summed E-state index contributed by atoms with van der Waals surface area (Å²) in [5.74, 6) is 0. The van der Waals surface area contributed by atoms with E-state index in [1.54, 1.807) is 9.80 Å². The van der Waals surface area contributed by atoms with Gasteiger partial charge in [-0.15, -0.1) is 0 Å². The number of thiocarbonyl (C=S) groups is 1. The van der Waals surface area contributed by atoms with Crippen molar-refractivity contribution in [2.45, 2.75) is 13.8 Å². The average Bonchev–Trinajstić information content (AvgIpc) is 2.26. The van der Waals surface area contributed by atoms with Gasteiger partial charge in [0.15, 0.2) is 0 Å². The van der Waals surface area contributed by atoms with Crippen molar-refractivity contribution < 1.29 is 4.79 Å². The molecule has 0 aromatic heterocycles. The molecule has 0 saturated carbocycles. The first kappa shape index (κ1) is 8.46. The van der Waals surface area contributed by atoms with Gasteiger partial charge in [0.2, 0.25) is 0 Å². The predicted octanol–water partition coefficient (Wildman–Crippen LogP) is 1.09. The second-order valence-electron chi connectivity index (χ2n) is 2.43. The molecule has 0 N–H and O–H groups in total. The number of rotatable bonds is 2. The highest BCUT2D eigenvalue weighted by molar-refractivity contribution is 7.80. The van der Waals surface area contributed by atoms with Gasteiger partial charge in [-0.3, -0.25) is 4.90 Å². The van der Waals surface area contributed by atoms with E-state index in [0.29, 0.717) is 13.1 Å². The van der Waals surface area contributed by atoms with Gasteiger partial charge in [-0.05, 0) is 13.8 Å². The van der Waals surface area contributed by atoms with Crippen LogP contribution in [0.5, 0.6) is 0 Å². The Morgan fingerprint density at radius 2 is 2.09 bits per heavy atom. The summed E-state index contributed by atoms with van der Waals surface area (Å²) in [5.41, 5.74) is 0. The number of likely N-dealkylation sites (N-methyl/N-ethyl adjacent to an activating group) is 2. The van der Waals surface area contributed by atoms with Crippen LogP contribution in [0.4, 0.5) is 4.79 Å². The first-order chi connectivity index (χ1) is 5.20. The van der Waals surface area contributed by atoms with Crippen LogP contribution < -0.4 is 0 Å². The van der Waals surface area contributed by atoms with E-state index in [-0.39, 0.29) is 6.03 Å². The zero-order valence-electron chi connectivity index (χ0n) is 6.83. The number of nitrogens with zero attached hydrogens (tertiary/aromatic N) is 2. The largest absolute Gasteiger partial charge is 0.325 e. The smallest absolute Gasteiger partial charge is 0.318 e. The fourth-order valence-electron chi connectivity index (χ4n) is 1.15. The molecule has 1 saturated heterocycles. The summed E-state index contributed by atoms with van der Waals surface area (Å²) in [6.45, 7) is 5.95. The number of urea groups is 1. The molecule has 62 valence electrons. The maximum Gasteiger partial charge on any atom is 0.325 e. The lowest BCUT2D eigenvalue weighted by Gasteiger charge is -2.13. The molecule has 0 atom stereocenters. The standard InChI is InChI=1S/C7H12N2OS/c1-3-8-5-6(11)9(4-2)7(8)10/h3-5H2,1-2H3. The fraction of sp³-hybridized carbons (Fsp3) is 0.714. The molecule has 4 heteroatoms. The molecule has 1 heterocycles. The Morgan fingerprint density at radius 3 is 2.36 bits per heavy atom. The van der Waals surface area contributed by atoms with Crippen LogP contribution in [0.25, 0.3) is 0 Å². The molecule has 0 bridgehead atoms. The van der Waals surface area contributed by atoms with Crippen LogP contribution in [-0.2, 0) is 0 Å². The summed E-state index contributed by atoms with van der Waals surface area (Å²) < 4.78 is 0. The molecule has 11 heavy (non-hydrogen) atoms. The number of carbonyl (C=O) groups is 1. The van der Waals surface area contributed by atoms with E-state index in [4.69, 9.17) is 12.2 Å². The SMILES string of the molecule is CCN1CC(=S)N(CC)C1=O. The minimum atomic E-state index is 0.0556. The maximum atomic E-state index is 11.3. The van der Waals surface area contributed by atoms with Crippen LogP contribution in [-0.4, -0.2) is 40.5 Å². The van der Waals surface area contributed by atoms with E-state index >= 15 is 0 Å². The summed E-state index contributed by atoms with van der Waals surface area (Å²) in [6.07, 6.45) is 0. The molecule has 0 aromatic rings. The van der Waals surface area contributed by atoms with Gasteiger partial charge in [0.05, 0.1) is 6.54 Å². The van der Waals surface area contributed by atoms with Crippen LogP contribution in [0.3, 0.4) is 0 Å². The maximum absolute atomic E-state index is 11.3. The van der Waals surface area contributed by atoms with Gasteiger partial charge >= 0.3 is 6.03 Å². The first-order valence-corrected chi connectivity index (χ1v) is 4.20. The van der Waals surface area contributed by atoms with Crippen LogP contribution in [0.1, 0.15) is 13.8 Å². The molecule has 1 fully saturated rings. The number of hydrogen-bond donors (Lipinski definition) is 0. The normalized spacial score (nSPS) is 18.4. The molecular weight excluding hydrogens is 160 g/mol. The topological polar surface area (TPSA) is 23.6 Å². The Hall–Kier alpha value is -0.640. The Bertz CT molecular complexity index is 193. The Morgan fingerprint density at radius 1 is 1.45 bits per heavy atom. The van der Waals surface area contributed by atoms with E-state index < -0.39 is 0 Å². The van der Waals surface area contributed by atoms with Crippen molar-refractivity contribution in [1.82, 2.24) is 9.80 Å². The quantitative estimate of drug-likeness (QED) is 0.582. The molecular formula is C7H12N2OS. The molecule has 0 radical (unpaired) electrons. The van der Waals surface area contributed by atoms with E-state index in [1.165, 1.54) is 0 Å². The van der Waals surface area contributed by atoms with Gasteiger partial charge in [0.1, 0.15) is 4.99 Å². The highest BCUT2D eigenvalue weighted by atomic mass is 32.1. The third kappa shape index (κ3) is 1.35. The second kappa shape index (κ2) is 3.17. The van der Waals surface area contributed by atoms with Crippen molar-refractivity contribution in [3.63, 3.8) is 0 Å². The minimum Gasteiger partial charge on any atom is -0.318 e. The lowest BCUT2D eigenvalue weighted by Crippen LogP contribution is -2.32. The van der Waals surface area contributed by atoms with E-state index in [1.807, 2.05) is 13.8 Å². The molecule has 1 aliphatic rings. The van der Waals surface area contributed by atoms with Crippen molar-refractivity contribution in [2.75, 3.05) is 19.6 Å². The van der Waals surface area contributed by atoms with E-state index in [2.05, 4.69) is 0 Å². The van der Waals surface area contributed by atoms with Gasteiger partial charge in [0, 0.05) is 13.1 Å². The van der Waals surface area contributed by atoms with Crippen LogP contribution in [0, 0.1) is 0 Å². The van der Waals surface area contributed by atoms with E-state index in [0.717, 1.165) is 11.5 Å². The van der Waals surface area contributed by atoms with Crippen molar-refractivity contribution in [3.8, 4) is 0 Å². The molecule has 3 nitrogen and oxygen atoms in total. The van der Waals surface area contributed by atoms with Crippen molar-refractivity contribution in [1.29, 1.82) is 0 Å². The third-order valence-electron chi connectivity index (χ3n) is 1.83. The Kier molecular flexibility index (Phi) is 2.44. The lowest BCUT2D eigenvalue weighted by atomic mass is 10.5. The molecule has 0 aromatic carbocycles. The number of carbonyl (C=O) groups excluding carboxylic acids is 1. The molecule has 0 unspecified atom stereocenters. The lowest BCUT2D eigenvalue weighted by molar-refractivity contribution is 0.199.